The topological polar surface area (TPSA) is 109 Å². The maximum Gasteiger partial charge on any atom is 0.326 e. The minimum atomic E-state index is -1.34. The third-order valence-electron chi connectivity index (χ3n) is 6.56. The van der Waals surface area contributed by atoms with Gasteiger partial charge in [0.15, 0.2) is 5.76 Å². The Hall–Kier alpha value is -4.72. The number of aliphatic carboxylic acids is 1. The Labute approximate surface area is 232 Å². The number of hydrogen-bond donors (Lipinski definition) is 3. The number of rotatable bonds is 11. The number of amides is 2. The standard InChI is InChI=1S/C32H31FN2O5/c1-3-4-7-21-9-12-23(13-10-21)30(36)34-27-14-11-22(18-26(27)33)19-28(32(38)39)35-31(37)29-25(15-16-40-29)24-8-5-6-20(2)17-24/h5-6,8-18,28H,3-4,7,19H2,1-2H3,(H,34,36)(H,35,37)(H,38,39). The van der Waals surface area contributed by atoms with Gasteiger partial charge in [-0.25, -0.2) is 9.18 Å². The Bertz CT molecular complexity index is 1510. The molecular formula is C32H31FN2O5. The zero-order valence-corrected chi connectivity index (χ0v) is 22.4. The van der Waals surface area contributed by atoms with Crippen LogP contribution in [-0.2, 0) is 17.6 Å². The van der Waals surface area contributed by atoms with E-state index in [0.29, 0.717) is 16.7 Å². The summed E-state index contributed by atoms with van der Waals surface area (Å²) in [6.07, 6.45) is 4.27. The van der Waals surface area contributed by atoms with E-state index >= 15 is 0 Å². The highest BCUT2D eigenvalue weighted by Crippen LogP contribution is 2.26. The van der Waals surface area contributed by atoms with Crippen molar-refractivity contribution < 1.29 is 28.3 Å². The molecule has 0 fully saturated rings. The van der Waals surface area contributed by atoms with Gasteiger partial charge in [0.05, 0.1) is 12.0 Å². The highest BCUT2D eigenvalue weighted by atomic mass is 19.1. The molecule has 0 saturated carbocycles. The van der Waals surface area contributed by atoms with Crippen LogP contribution in [0.15, 0.2) is 83.5 Å². The van der Waals surface area contributed by atoms with Gasteiger partial charge in [-0.1, -0.05) is 61.4 Å². The van der Waals surface area contributed by atoms with Gasteiger partial charge in [0, 0.05) is 17.5 Å². The zero-order valence-electron chi connectivity index (χ0n) is 22.4. The molecule has 4 rings (SSSR count). The second-order valence-corrected chi connectivity index (χ2v) is 9.67. The third-order valence-corrected chi connectivity index (χ3v) is 6.56. The molecule has 3 N–H and O–H groups in total. The lowest BCUT2D eigenvalue weighted by molar-refractivity contribution is -0.139. The molecular weight excluding hydrogens is 511 g/mol. The summed E-state index contributed by atoms with van der Waals surface area (Å²) in [5, 5.41) is 14.8. The van der Waals surface area contributed by atoms with Gasteiger partial charge < -0.3 is 20.2 Å². The van der Waals surface area contributed by atoms with Gasteiger partial charge in [-0.05, 0) is 66.8 Å². The summed E-state index contributed by atoms with van der Waals surface area (Å²) < 4.78 is 20.3. The summed E-state index contributed by atoms with van der Waals surface area (Å²) in [5.41, 5.74) is 4.13. The van der Waals surface area contributed by atoms with Crippen molar-refractivity contribution in [3.8, 4) is 11.1 Å². The molecule has 0 saturated heterocycles. The maximum atomic E-state index is 14.9. The van der Waals surface area contributed by atoms with Gasteiger partial charge in [-0.15, -0.1) is 0 Å². The summed E-state index contributed by atoms with van der Waals surface area (Å²) in [5.74, 6) is -3.16. The van der Waals surface area contributed by atoms with Crippen molar-refractivity contribution in [3.05, 3.63) is 113 Å². The van der Waals surface area contributed by atoms with Crippen LogP contribution >= 0.6 is 0 Å². The molecule has 8 heteroatoms. The number of nitrogens with one attached hydrogen (secondary N) is 2. The Kier molecular flexibility index (Phi) is 9.11. The molecule has 0 bridgehead atoms. The van der Waals surface area contributed by atoms with Crippen LogP contribution in [0.4, 0.5) is 10.1 Å². The highest BCUT2D eigenvalue weighted by Gasteiger charge is 2.25. The zero-order chi connectivity index (χ0) is 28.6. The lowest BCUT2D eigenvalue weighted by Crippen LogP contribution is -2.42. The number of carboxylic acids is 1. The first-order valence-corrected chi connectivity index (χ1v) is 13.1. The molecule has 1 unspecified atom stereocenters. The SMILES string of the molecule is CCCCc1ccc(C(=O)Nc2ccc(CC(NC(=O)c3occc3-c3cccc(C)c3)C(=O)O)cc2F)cc1. The number of hydrogen-bond acceptors (Lipinski definition) is 4. The van der Waals surface area contributed by atoms with Gasteiger partial charge in [0.1, 0.15) is 11.9 Å². The van der Waals surface area contributed by atoms with Gasteiger partial charge in [0.25, 0.3) is 11.8 Å². The number of unbranched alkanes of at least 4 members (excludes halogenated alkanes) is 1. The fourth-order valence-corrected chi connectivity index (χ4v) is 4.37. The summed E-state index contributed by atoms with van der Waals surface area (Å²) in [6.45, 7) is 4.04. The van der Waals surface area contributed by atoms with Crippen molar-refractivity contribution in [1.82, 2.24) is 5.32 Å². The van der Waals surface area contributed by atoms with Gasteiger partial charge >= 0.3 is 5.97 Å². The minimum absolute atomic E-state index is 0.0144. The molecule has 0 aliphatic carbocycles. The van der Waals surface area contributed by atoms with Crippen LogP contribution in [0.2, 0.25) is 0 Å². The molecule has 1 aromatic heterocycles. The number of carboxylic acid groups (broad SMARTS) is 1. The average molecular weight is 543 g/mol. The number of carbonyl (C=O) groups excluding carboxylic acids is 2. The van der Waals surface area contributed by atoms with E-state index in [1.165, 1.54) is 18.4 Å². The normalized spacial score (nSPS) is 11.6. The Morgan fingerprint density at radius 3 is 2.38 bits per heavy atom. The van der Waals surface area contributed by atoms with Crippen LogP contribution in [0.25, 0.3) is 11.1 Å². The summed E-state index contributed by atoms with van der Waals surface area (Å²) in [6, 6.07) is 19.0. The van der Waals surface area contributed by atoms with Gasteiger partial charge in [-0.2, -0.15) is 0 Å². The molecule has 0 aliphatic rings. The lowest BCUT2D eigenvalue weighted by atomic mass is 10.0. The Balaban J connectivity index is 1.42. The first-order valence-electron chi connectivity index (χ1n) is 13.1. The number of aryl methyl sites for hydroxylation is 2. The third kappa shape index (κ3) is 7.02. The number of furan rings is 1. The molecule has 2 amide bonds. The molecule has 1 atom stereocenters. The lowest BCUT2D eigenvalue weighted by Gasteiger charge is -2.15. The smallest absolute Gasteiger partial charge is 0.326 e. The average Bonchev–Trinajstić information content (AvgIpc) is 3.43. The monoisotopic (exact) mass is 542 g/mol. The van der Waals surface area contributed by atoms with Gasteiger partial charge in [-0.3, -0.25) is 9.59 Å². The summed E-state index contributed by atoms with van der Waals surface area (Å²) in [7, 11) is 0. The van der Waals surface area contributed by atoms with Crippen molar-refractivity contribution >= 4 is 23.5 Å². The van der Waals surface area contributed by atoms with Crippen LogP contribution in [0, 0.1) is 12.7 Å². The van der Waals surface area contributed by atoms with E-state index < -0.39 is 29.6 Å². The molecule has 3 aromatic carbocycles. The van der Waals surface area contributed by atoms with Crippen LogP contribution < -0.4 is 10.6 Å². The summed E-state index contributed by atoms with van der Waals surface area (Å²) >= 11 is 0. The predicted octanol–water partition coefficient (Wildman–Crippen LogP) is 6.41. The van der Waals surface area contributed by atoms with E-state index in [0.717, 1.165) is 42.0 Å². The van der Waals surface area contributed by atoms with E-state index in [4.69, 9.17) is 4.42 Å². The van der Waals surface area contributed by atoms with Crippen LogP contribution in [0.5, 0.6) is 0 Å². The molecule has 0 aliphatic heterocycles. The van der Waals surface area contributed by atoms with Crippen LogP contribution in [0.3, 0.4) is 0 Å². The van der Waals surface area contributed by atoms with Crippen molar-refractivity contribution in [3.63, 3.8) is 0 Å². The highest BCUT2D eigenvalue weighted by molar-refractivity contribution is 6.04. The molecule has 7 nitrogen and oxygen atoms in total. The van der Waals surface area contributed by atoms with Crippen molar-refractivity contribution in [1.29, 1.82) is 0 Å². The van der Waals surface area contributed by atoms with Crippen molar-refractivity contribution in [2.45, 2.75) is 45.6 Å². The number of anilines is 1. The van der Waals surface area contributed by atoms with E-state index in [-0.39, 0.29) is 17.9 Å². The largest absolute Gasteiger partial charge is 0.480 e. The molecule has 0 spiro atoms. The number of halogens is 1. The number of carbonyl (C=O) groups is 3. The van der Waals surface area contributed by atoms with Crippen molar-refractivity contribution in [2.75, 3.05) is 5.32 Å². The fraction of sp³-hybridized carbons (Fsp3) is 0.219. The summed E-state index contributed by atoms with van der Waals surface area (Å²) in [4.78, 5) is 37.5. The van der Waals surface area contributed by atoms with E-state index in [1.54, 1.807) is 18.2 Å². The molecule has 0 radical (unpaired) electrons. The quantitative estimate of drug-likeness (QED) is 0.203. The van der Waals surface area contributed by atoms with Gasteiger partial charge in [0.2, 0.25) is 0 Å². The first kappa shape index (κ1) is 28.3. The number of benzene rings is 3. The second-order valence-electron chi connectivity index (χ2n) is 9.67. The van der Waals surface area contributed by atoms with E-state index in [1.807, 2.05) is 43.3 Å². The van der Waals surface area contributed by atoms with Crippen LogP contribution in [0.1, 0.15) is 57.4 Å². The second kappa shape index (κ2) is 12.9. The van der Waals surface area contributed by atoms with E-state index in [9.17, 15) is 23.9 Å². The van der Waals surface area contributed by atoms with E-state index in [2.05, 4.69) is 17.6 Å². The minimum Gasteiger partial charge on any atom is -0.480 e. The Morgan fingerprint density at radius 1 is 0.950 bits per heavy atom. The first-order chi connectivity index (χ1) is 19.2. The predicted molar refractivity (Wildman–Crippen MR) is 151 cm³/mol. The van der Waals surface area contributed by atoms with Crippen molar-refractivity contribution in [2.24, 2.45) is 0 Å². The Morgan fingerprint density at radius 2 is 1.70 bits per heavy atom. The fourth-order valence-electron chi connectivity index (χ4n) is 4.37. The molecule has 4 aromatic rings. The molecule has 40 heavy (non-hydrogen) atoms. The molecule has 206 valence electrons. The maximum absolute atomic E-state index is 14.9. The molecule has 1 heterocycles. The van der Waals surface area contributed by atoms with Crippen LogP contribution in [-0.4, -0.2) is 28.9 Å².